The number of ether oxygens (including phenoxy) is 1. The fraction of sp³-hybridized carbons (Fsp3) is 0.923. The van der Waals surface area contributed by atoms with Crippen molar-refractivity contribution in [2.45, 2.75) is 53.9 Å². The molecule has 0 bridgehead atoms. The van der Waals surface area contributed by atoms with Gasteiger partial charge in [-0.25, -0.2) is 0 Å². The second kappa shape index (κ2) is 7.27. The van der Waals surface area contributed by atoms with Crippen molar-refractivity contribution in [1.82, 2.24) is 4.72 Å². The molecule has 0 aliphatic carbocycles. The zero-order valence-corrected chi connectivity index (χ0v) is 12.7. The van der Waals surface area contributed by atoms with E-state index in [0.29, 0.717) is 6.61 Å². The molecule has 0 spiro atoms. The zero-order chi connectivity index (χ0) is 13.5. The van der Waals surface area contributed by atoms with Crippen molar-refractivity contribution >= 4 is 18.8 Å². The molecular weight excluding hydrogens is 234 g/mol. The lowest BCUT2D eigenvalue weighted by atomic mass is 9.65. The van der Waals surface area contributed by atoms with Gasteiger partial charge in [-0.3, -0.25) is 9.52 Å². The van der Waals surface area contributed by atoms with Gasteiger partial charge < -0.3 is 4.74 Å². The Bertz CT molecular complexity index is 238. The van der Waals surface area contributed by atoms with Gasteiger partial charge in [0.15, 0.2) is 0 Å². The van der Waals surface area contributed by atoms with Crippen LogP contribution in [0.15, 0.2) is 0 Å². The monoisotopic (exact) mass is 261 g/mol. The van der Waals surface area contributed by atoms with Gasteiger partial charge in [0.2, 0.25) is 0 Å². The van der Waals surface area contributed by atoms with Crippen molar-refractivity contribution in [1.29, 1.82) is 0 Å². The maximum absolute atomic E-state index is 12.2. The number of carbonyl (C=O) groups is 1. The van der Waals surface area contributed by atoms with Gasteiger partial charge in [0.1, 0.15) is 0 Å². The van der Waals surface area contributed by atoms with Gasteiger partial charge in [-0.05, 0) is 25.2 Å². The number of rotatable bonds is 7. The van der Waals surface area contributed by atoms with Crippen LogP contribution in [0, 0.1) is 10.8 Å². The van der Waals surface area contributed by atoms with Crippen LogP contribution in [-0.4, -0.2) is 19.1 Å². The van der Waals surface area contributed by atoms with E-state index in [1.807, 2.05) is 6.92 Å². The molecule has 0 aromatic heterocycles. The van der Waals surface area contributed by atoms with Crippen LogP contribution < -0.4 is 4.72 Å². The highest BCUT2D eigenvalue weighted by Crippen LogP contribution is 2.43. The van der Waals surface area contributed by atoms with E-state index >= 15 is 0 Å². The average molecular weight is 261 g/mol. The Morgan fingerprint density at radius 1 is 1.29 bits per heavy atom. The molecule has 0 saturated heterocycles. The summed E-state index contributed by atoms with van der Waals surface area (Å²) in [6.45, 7) is 11.6. The summed E-state index contributed by atoms with van der Waals surface area (Å²) in [5.41, 5.74) is -0.488. The summed E-state index contributed by atoms with van der Waals surface area (Å²) in [5.74, 6) is -0.0778. The zero-order valence-electron chi connectivity index (χ0n) is 11.8. The van der Waals surface area contributed by atoms with E-state index in [0.717, 1.165) is 25.8 Å². The molecule has 1 atom stereocenters. The van der Waals surface area contributed by atoms with Crippen LogP contribution in [0.5, 0.6) is 0 Å². The first kappa shape index (κ1) is 16.8. The highest BCUT2D eigenvalue weighted by molar-refractivity contribution is 7.78. The molecular formula is C13H27NO2S. The molecule has 102 valence electrons. The van der Waals surface area contributed by atoms with E-state index in [9.17, 15) is 4.79 Å². The molecule has 17 heavy (non-hydrogen) atoms. The quantitative estimate of drug-likeness (QED) is 0.420. The Morgan fingerprint density at radius 2 is 1.88 bits per heavy atom. The fourth-order valence-corrected chi connectivity index (χ4v) is 1.92. The van der Waals surface area contributed by atoms with E-state index in [4.69, 9.17) is 4.74 Å². The Morgan fingerprint density at radius 3 is 2.29 bits per heavy atom. The smallest absolute Gasteiger partial charge is 0.312 e. The third kappa shape index (κ3) is 4.88. The second-order valence-corrected chi connectivity index (χ2v) is 6.05. The van der Waals surface area contributed by atoms with Crippen LogP contribution in [0.4, 0.5) is 0 Å². The lowest BCUT2D eigenvalue weighted by molar-refractivity contribution is -0.162. The number of esters is 1. The van der Waals surface area contributed by atoms with E-state index in [2.05, 4.69) is 45.2 Å². The van der Waals surface area contributed by atoms with Gasteiger partial charge in [-0.1, -0.05) is 46.9 Å². The summed E-state index contributed by atoms with van der Waals surface area (Å²) in [7, 11) is 0. The van der Waals surface area contributed by atoms with Crippen LogP contribution in [0.2, 0.25) is 0 Å². The second-order valence-electron chi connectivity index (χ2n) is 5.73. The number of hydrogen-bond donors (Lipinski definition) is 2. The van der Waals surface area contributed by atoms with Gasteiger partial charge >= 0.3 is 5.97 Å². The van der Waals surface area contributed by atoms with E-state index in [1.54, 1.807) is 0 Å². The number of hydrogen-bond acceptors (Lipinski definition) is 4. The van der Waals surface area contributed by atoms with Crippen molar-refractivity contribution < 1.29 is 9.53 Å². The highest BCUT2D eigenvalue weighted by Gasteiger charge is 2.44. The van der Waals surface area contributed by atoms with E-state index in [-0.39, 0.29) is 11.4 Å². The number of carbonyl (C=O) groups excluding carboxylic acids is 1. The molecule has 4 heteroatoms. The maximum Gasteiger partial charge on any atom is 0.312 e. The van der Waals surface area contributed by atoms with Crippen molar-refractivity contribution in [2.24, 2.45) is 10.8 Å². The predicted molar refractivity (Wildman–Crippen MR) is 75.0 cm³/mol. The minimum atomic E-state index is -0.407. The molecule has 0 fully saturated rings. The number of nitrogens with one attached hydrogen (secondary N) is 1. The molecule has 0 rings (SSSR count). The summed E-state index contributed by atoms with van der Waals surface area (Å²) in [6.07, 6.45) is 2.64. The normalized spacial score (nSPS) is 15.4. The summed E-state index contributed by atoms with van der Waals surface area (Å²) < 4.78 is 8.11. The van der Waals surface area contributed by atoms with Crippen molar-refractivity contribution in [3.8, 4) is 0 Å². The minimum absolute atomic E-state index is 0.0778. The van der Waals surface area contributed by atoms with Crippen LogP contribution in [-0.2, 0) is 9.53 Å². The van der Waals surface area contributed by atoms with Crippen LogP contribution in [0.3, 0.4) is 0 Å². The third-order valence-electron chi connectivity index (χ3n) is 3.52. The SMILES string of the molecule is CCCC(C)(C(=O)OCCCNS)C(C)(C)C. The van der Waals surface area contributed by atoms with E-state index in [1.165, 1.54) is 0 Å². The van der Waals surface area contributed by atoms with Gasteiger partial charge in [0.25, 0.3) is 0 Å². The lowest BCUT2D eigenvalue weighted by Gasteiger charge is -2.39. The molecule has 0 heterocycles. The molecule has 1 N–H and O–H groups in total. The molecule has 0 radical (unpaired) electrons. The lowest BCUT2D eigenvalue weighted by Crippen LogP contribution is -2.41. The van der Waals surface area contributed by atoms with Gasteiger partial charge in [-0.2, -0.15) is 0 Å². The standard InChI is InChI=1S/C13H27NO2S/c1-6-8-13(5,12(2,3)4)11(15)16-10-7-9-14-17/h14,17H,6-10H2,1-5H3. The van der Waals surface area contributed by atoms with Crippen molar-refractivity contribution in [2.75, 3.05) is 13.2 Å². The first-order valence-electron chi connectivity index (χ1n) is 6.33. The first-order valence-corrected chi connectivity index (χ1v) is 6.78. The summed E-state index contributed by atoms with van der Waals surface area (Å²) in [5, 5.41) is 0. The largest absolute Gasteiger partial charge is 0.465 e. The molecule has 1 unspecified atom stereocenters. The predicted octanol–water partition coefficient (Wildman–Crippen LogP) is 3.21. The van der Waals surface area contributed by atoms with Crippen LogP contribution in [0.1, 0.15) is 53.9 Å². The molecule has 0 aromatic rings. The molecule has 3 nitrogen and oxygen atoms in total. The minimum Gasteiger partial charge on any atom is -0.465 e. The van der Waals surface area contributed by atoms with Gasteiger partial charge in [0, 0.05) is 6.54 Å². The summed E-state index contributed by atoms with van der Waals surface area (Å²) in [4.78, 5) is 12.2. The molecule has 0 saturated carbocycles. The highest BCUT2D eigenvalue weighted by atomic mass is 32.1. The average Bonchev–Trinajstić information content (AvgIpc) is 2.22. The third-order valence-corrected chi connectivity index (χ3v) is 3.75. The van der Waals surface area contributed by atoms with Crippen LogP contribution in [0.25, 0.3) is 0 Å². The molecule has 0 amide bonds. The first-order chi connectivity index (χ1) is 7.79. The Labute approximate surface area is 111 Å². The number of thiol groups is 1. The summed E-state index contributed by atoms with van der Waals surface area (Å²) in [6, 6.07) is 0. The van der Waals surface area contributed by atoms with Crippen molar-refractivity contribution in [3.05, 3.63) is 0 Å². The molecule has 0 aromatic carbocycles. The van der Waals surface area contributed by atoms with E-state index < -0.39 is 5.41 Å². The van der Waals surface area contributed by atoms with Gasteiger partial charge in [-0.15, -0.1) is 0 Å². The van der Waals surface area contributed by atoms with Crippen LogP contribution >= 0.6 is 12.8 Å². The fourth-order valence-electron chi connectivity index (χ4n) is 1.76. The topological polar surface area (TPSA) is 38.3 Å². The van der Waals surface area contributed by atoms with Crippen molar-refractivity contribution in [3.63, 3.8) is 0 Å². The molecule has 0 aliphatic rings. The Hall–Kier alpha value is -0.220. The summed E-state index contributed by atoms with van der Waals surface area (Å²) >= 11 is 3.89. The Kier molecular flexibility index (Phi) is 7.17. The molecule has 0 aliphatic heterocycles. The maximum atomic E-state index is 12.2. The Balaban J connectivity index is 4.45. The van der Waals surface area contributed by atoms with Gasteiger partial charge in [0.05, 0.1) is 12.0 Å².